The minimum atomic E-state index is 0.194. The molecule has 0 bridgehead atoms. The van der Waals surface area contributed by atoms with Crippen molar-refractivity contribution in [1.29, 1.82) is 0 Å². The lowest BCUT2D eigenvalue weighted by Gasteiger charge is -2.10. The highest BCUT2D eigenvalue weighted by atomic mass is 35.5. The number of anilines is 2. The first-order valence-corrected chi connectivity index (χ1v) is 6.39. The second-order valence-electron chi connectivity index (χ2n) is 4.12. The molecule has 0 saturated carbocycles. The van der Waals surface area contributed by atoms with Crippen molar-refractivity contribution in [2.75, 3.05) is 11.1 Å². The Kier molecular flexibility index (Phi) is 4.16. The molecule has 0 atom stereocenters. The van der Waals surface area contributed by atoms with Gasteiger partial charge in [0.25, 0.3) is 0 Å². The summed E-state index contributed by atoms with van der Waals surface area (Å²) in [5, 5.41) is 11.5. The number of nitrogens with zero attached hydrogens (tertiary/aromatic N) is 5. The third kappa shape index (κ3) is 3.11. The van der Waals surface area contributed by atoms with E-state index < -0.39 is 0 Å². The maximum absolute atomic E-state index is 6.12. The van der Waals surface area contributed by atoms with Crippen LogP contribution in [0.5, 0.6) is 0 Å². The Morgan fingerprint density at radius 1 is 1.42 bits per heavy atom. The minimum absolute atomic E-state index is 0.194. The van der Waals surface area contributed by atoms with E-state index in [1.165, 1.54) is 0 Å². The lowest BCUT2D eigenvalue weighted by Crippen LogP contribution is -2.11. The predicted molar refractivity (Wildman–Crippen MR) is 73.8 cm³/mol. The first-order chi connectivity index (χ1) is 9.11. The second-order valence-corrected chi connectivity index (χ2v) is 4.50. The first kappa shape index (κ1) is 13.5. The van der Waals surface area contributed by atoms with Gasteiger partial charge in [-0.3, -0.25) is 0 Å². The molecule has 0 fully saturated rings. The number of nitrogens with one attached hydrogen (secondary N) is 1. The Balaban J connectivity index is 2.12. The standard InChI is InChI=1S/C11H16ClN7/c1-3-4-19-6-15-18-8(19)5-14-10-9(12)7(2)16-11(13)17-10/h6H,3-5H2,1-2H3,(H3,13,14,16,17). The molecule has 0 unspecified atom stereocenters. The van der Waals surface area contributed by atoms with E-state index in [2.05, 4.69) is 32.4 Å². The Labute approximate surface area is 116 Å². The molecular weight excluding hydrogens is 266 g/mol. The predicted octanol–water partition coefficient (Wildman–Crippen LogP) is 1.63. The molecule has 0 aliphatic carbocycles. The average Bonchev–Trinajstić information content (AvgIpc) is 2.80. The molecule has 0 aromatic carbocycles. The smallest absolute Gasteiger partial charge is 0.222 e. The molecule has 2 heterocycles. The van der Waals surface area contributed by atoms with Crippen molar-refractivity contribution in [3.63, 3.8) is 0 Å². The average molecular weight is 282 g/mol. The number of hydrogen-bond acceptors (Lipinski definition) is 6. The molecule has 19 heavy (non-hydrogen) atoms. The molecule has 2 aromatic rings. The van der Waals surface area contributed by atoms with Gasteiger partial charge in [0.05, 0.1) is 12.2 Å². The Bertz CT molecular complexity index is 566. The van der Waals surface area contributed by atoms with Gasteiger partial charge in [-0.25, -0.2) is 4.98 Å². The van der Waals surface area contributed by atoms with E-state index in [0.717, 1.165) is 18.8 Å². The van der Waals surface area contributed by atoms with Crippen molar-refractivity contribution in [2.24, 2.45) is 0 Å². The SMILES string of the molecule is CCCn1cnnc1CNc1nc(N)nc(C)c1Cl. The molecule has 0 saturated heterocycles. The topological polar surface area (TPSA) is 94.5 Å². The van der Waals surface area contributed by atoms with E-state index in [9.17, 15) is 0 Å². The zero-order valence-electron chi connectivity index (χ0n) is 10.9. The van der Waals surface area contributed by atoms with Crippen LogP contribution in [0.25, 0.3) is 0 Å². The lowest BCUT2D eigenvalue weighted by molar-refractivity contribution is 0.643. The van der Waals surface area contributed by atoms with Crippen molar-refractivity contribution in [1.82, 2.24) is 24.7 Å². The quantitative estimate of drug-likeness (QED) is 0.865. The van der Waals surface area contributed by atoms with Crippen LogP contribution in [0.1, 0.15) is 24.9 Å². The van der Waals surface area contributed by atoms with Crippen LogP contribution in [-0.4, -0.2) is 24.7 Å². The van der Waals surface area contributed by atoms with Crippen LogP contribution in [0.15, 0.2) is 6.33 Å². The van der Waals surface area contributed by atoms with Gasteiger partial charge in [0.2, 0.25) is 5.95 Å². The van der Waals surface area contributed by atoms with Crippen molar-refractivity contribution < 1.29 is 0 Å². The van der Waals surface area contributed by atoms with Crippen LogP contribution in [0, 0.1) is 6.92 Å². The van der Waals surface area contributed by atoms with Gasteiger partial charge in [0, 0.05) is 6.54 Å². The van der Waals surface area contributed by atoms with Gasteiger partial charge in [-0.05, 0) is 13.3 Å². The van der Waals surface area contributed by atoms with Gasteiger partial charge >= 0.3 is 0 Å². The highest BCUT2D eigenvalue weighted by Crippen LogP contribution is 2.23. The van der Waals surface area contributed by atoms with Crippen LogP contribution in [0.4, 0.5) is 11.8 Å². The van der Waals surface area contributed by atoms with E-state index in [1.54, 1.807) is 13.3 Å². The molecule has 8 heteroatoms. The molecule has 0 aliphatic rings. The molecule has 102 valence electrons. The van der Waals surface area contributed by atoms with Gasteiger partial charge in [-0.1, -0.05) is 18.5 Å². The molecule has 2 aromatic heterocycles. The van der Waals surface area contributed by atoms with E-state index in [1.807, 2.05) is 4.57 Å². The third-order valence-corrected chi connectivity index (χ3v) is 3.06. The van der Waals surface area contributed by atoms with Crippen LogP contribution >= 0.6 is 11.6 Å². The number of aromatic nitrogens is 5. The van der Waals surface area contributed by atoms with Crippen molar-refractivity contribution in [3.05, 3.63) is 22.9 Å². The van der Waals surface area contributed by atoms with Crippen molar-refractivity contribution in [2.45, 2.75) is 33.4 Å². The minimum Gasteiger partial charge on any atom is -0.368 e. The largest absolute Gasteiger partial charge is 0.368 e. The maximum atomic E-state index is 6.12. The summed E-state index contributed by atoms with van der Waals surface area (Å²) < 4.78 is 1.98. The number of nitrogens with two attached hydrogens (primary N) is 1. The molecule has 2 rings (SSSR count). The summed E-state index contributed by atoms with van der Waals surface area (Å²) >= 11 is 6.12. The maximum Gasteiger partial charge on any atom is 0.222 e. The zero-order chi connectivity index (χ0) is 13.8. The number of rotatable bonds is 5. The second kappa shape index (κ2) is 5.83. The first-order valence-electron chi connectivity index (χ1n) is 6.02. The highest BCUT2D eigenvalue weighted by Gasteiger charge is 2.10. The number of hydrogen-bond donors (Lipinski definition) is 2. The van der Waals surface area contributed by atoms with E-state index >= 15 is 0 Å². The van der Waals surface area contributed by atoms with Gasteiger partial charge in [-0.15, -0.1) is 10.2 Å². The molecular formula is C11H16ClN7. The molecule has 7 nitrogen and oxygen atoms in total. The third-order valence-electron chi connectivity index (χ3n) is 2.61. The van der Waals surface area contributed by atoms with Gasteiger partial charge in [0.15, 0.2) is 11.6 Å². The number of aryl methyl sites for hydroxylation is 2. The van der Waals surface area contributed by atoms with Gasteiger partial charge < -0.3 is 15.6 Å². The molecule has 0 radical (unpaired) electrons. The van der Waals surface area contributed by atoms with Crippen LogP contribution in [-0.2, 0) is 13.1 Å². The Hall–Kier alpha value is -1.89. The fourth-order valence-corrected chi connectivity index (χ4v) is 1.86. The summed E-state index contributed by atoms with van der Waals surface area (Å²) in [7, 11) is 0. The van der Waals surface area contributed by atoms with E-state index in [-0.39, 0.29) is 5.95 Å². The molecule has 3 N–H and O–H groups in total. The monoisotopic (exact) mass is 281 g/mol. The normalized spacial score (nSPS) is 10.7. The summed E-state index contributed by atoms with van der Waals surface area (Å²) in [6.07, 6.45) is 2.73. The summed E-state index contributed by atoms with van der Waals surface area (Å²) in [6.45, 7) is 5.24. The lowest BCUT2D eigenvalue weighted by atomic mass is 10.4. The number of nitrogen functional groups attached to an aromatic ring is 1. The van der Waals surface area contributed by atoms with Crippen molar-refractivity contribution in [3.8, 4) is 0 Å². The molecule has 0 spiro atoms. The fraction of sp³-hybridized carbons (Fsp3) is 0.455. The van der Waals surface area contributed by atoms with Crippen LogP contribution in [0.2, 0.25) is 5.02 Å². The number of halogens is 1. The van der Waals surface area contributed by atoms with Crippen molar-refractivity contribution >= 4 is 23.4 Å². The summed E-state index contributed by atoms with van der Waals surface area (Å²) in [6, 6.07) is 0. The zero-order valence-corrected chi connectivity index (χ0v) is 11.6. The van der Waals surface area contributed by atoms with Gasteiger partial charge in [-0.2, -0.15) is 4.98 Å². The van der Waals surface area contributed by atoms with Crippen LogP contribution < -0.4 is 11.1 Å². The highest BCUT2D eigenvalue weighted by molar-refractivity contribution is 6.33. The summed E-state index contributed by atoms with van der Waals surface area (Å²) in [5.41, 5.74) is 6.25. The summed E-state index contributed by atoms with van der Waals surface area (Å²) in [4.78, 5) is 8.06. The summed E-state index contributed by atoms with van der Waals surface area (Å²) in [5.74, 6) is 1.53. The Morgan fingerprint density at radius 2 is 2.21 bits per heavy atom. The van der Waals surface area contributed by atoms with E-state index in [0.29, 0.717) is 23.1 Å². The molecule has 0 amide bonds. The van der Waals surface area contributed by atoms with Crippen LogP contribution in [0.3, 0.4) is 0 Å². The molecule has 0 aliphatic heterocycles. The van der Waals surface area contributed by atoms with Gasteiger partial charge in [0.1, 0.15) is 11.3 Å². The van der Waals surface area contributed by atoms with E-state index in [4.69, 9.17) is 17.3 Å². The fourth-order valence-electron chi connectivity index (χ4n) is 1.70. The Morgan fingerprint density at radius 3 is 2.95 bits per heavy atom.